The molecule has 0 aliphatic carbocycles. The second-order valence-electron chi connectivity index (χ2n) is 5.60. The molecule has 0 spiro atoms. The van der Waals surface area contributed by atoms with E-state index in [-0.39, 0.29) is 18.0 Å². The second kappa shape index (κ2) is 7.57. The molecule has 0 atom stereocenters. The fourth-order valence-corrected chi connectivity index (χ4v) is 2.71. The average molecular weight is 393 g/mol. The van der Waals surface area contributed by atoms with E-state index < -0.39 is 11.7 Å². The van der Waals surface area contributed by atoms with E-state index in [2.05, 4.69) is 21.2 Å². The van der Waals surface area contributed by atoms with Crippen LogP contribution < -0.4 is 5.32 Å². The van der Waals surface area contributed by atoms with Crippen molar-refractivity contribution in [2.75, 3.05) is 18.9 Å². The van der Waals surface area contributed by atoms with Gasteiger partial charge in [0.15, 0.2) is 0 Å². The Labute approximate surface area is 148 Å². The second-order valence-corrected chi connectivity index (χ2v) is 6.52. The highest BCUT2D eigenvalue weighted by Gasteiger charge is 2.19. The zero-order valence-corrected chi connectivity index (χ0v) is 15.3. The lowest BCUT2D eigenvalue weighted by atomic mass is 10.1. The zero-order chi connectivity index (χ0) is 17.9. The molecular weight excluding hydrogens is 375 g/mol. The molecule has 0 heterocycles. The highest BCUT2D eigenvalue weighted by atomic mass is 79.9. The molecule has 2 amide bonds. The summed E-state index contributed by atoms with van der Waals surface area (Å²) in [5.41, 5.74) is 2.54. The number of amides is 2. The summed E-state index contributed by atoms with van der Waals surface area (Å²) in [5.74, 6) is -1.51. The van der Waals surface area contributed by atoms with Gasteiger partial charge in [0, 0.05) is 17.2 Å². The van der Waals surface area contributed by atoms with E-state index in [1.165, 1.54) is 30.1 Å². The van der Waals surface area contributed by atoms with Crippen molar-refractivity contribution < 1.29 is 14.0 Å². The number of rotatable bonds is 4. The van der Waals surface area contributed by atoms with Gasteiger partial charge >= 0.3 is 0 Å². The quantitative estimate of drug-likeness (QED) is 0.856. The monoisotopic (exact) mass is 392 g/mol. The van der Waals surface area contributed by atoms with Gasteiger partial charge in [0.25, 0.3) is 5.91 Å². The molecular formula is C18H18BrFN2O2. The molecule has 0 bridgehead atoms. The first kappa shape index (κ1) is 18.1. The minimum Gasteiger partial charge on any atom is -0.332 e. The normalized spacial score (nSPS) is 10.4. The number of halogens is 2. The third-order valence-corrected chi connectivity index (χ3v) is 4.13. The third-order valence-electron chi connectivity index (χ3n) is 3.63. The molecule has 0 aliphatic rings. The molecule has 0 aromatic heterocycles. The number of benzene rings is 2. The molecule has 0 saturated carbocycles. The van der Waals surface area contributed by atoms with Crippen LogP contribution in [0.2, 0.25) is 0 Å². The van der Waals surface area contributed by atoms with E-state index in [9.17, 15) is 14.0 Å². The summed E-state index contributed by atoms with van der Waals surface area (Å²) in [4.78, 5) is 25.7. The molecule has 2 aromatic rings. The van der Waals surface area contributed by atoms with E-state index in [0.29, 0.717) is 4.47 Å². The van der Waals surface area contributed by atoms with Gasteiger partial charge in [0.1, 0.15) is 5.82 Å². The van der Waals surface area contributed by atoms with Gasteiger partial charge in [-0.3, -0.25) is 9.59 Å². The number of anilines is 1. The van der Waals surface area contributed by atoms with Gasteiger partial charge in [-0.15, -0.1) is 0 Å². The summed E-state index contributed by atoms with van der Waals surface area (Å²) in [6.07, 6.45) is 0. The van der Waals surface area contributed by atoms with Crippen molar-refractivity contribution >= 4 is 33.4 Å². The van der Waals surface area contributed by atoms with Crippen molar-refractivity contribution in [3.63, 3.8) is 0 Å². The van der Waals surface area contributed by atoms with Crippen molar-refractivity contribution in [2.45, 2.75) is 13.8 Å². The van der Waals surface area contributed by atoms with Crippen molar-refractivity contribution in [3.8, 4) is 0 Å². The van der Waals surface area contributed by atoms with E-state index in [0.717, 1.165) is 16.8 Å². The van der Waals surface area contributed by atoms with Gasteiger partial charge in [-0.2, -0.15) is 0 Å². The Kier molecular flexibility index (Phi) is 5.72. The molecule has 0 radical (unpaired) electrons. The lowest BCUT2D eigenvalue weighted by molar-refractivity contribution is -0.116. The van der Waals surface area contributed by atoms with Crippen LogP contribution in [0.5, 0.6) is 0 Å². The molecule has 1 N–H and O–H groups in total. The maximum atomic E-state index is 13.8. The van der Waals surface area contributed by atoms with Crippen LogP contribution in [0.4, 0.5) is 10.1 Å². The molecule has 2 aromatic carbocycles. The predicted molar refractivity (Wildman–Crippen MR) is 95.6 cm³/mol. The van der Waals surface area contributed by atoms with E-state index in [1.807, 2.05) is 32.0 Å². The lowest BCUT2D eigenvalue weighted by Gasteiger charge is -2.18. The number of aryl methyl sites for hydroxylation is 2. The number of carbonyl (C=O) groups excluding carboxylic acids is 2. The topological polar surface area (TPSA) is 49.4 Å². The number of nitrogens with zero attached hydrogens (tertiary/aromatic N) is 1. The molecule has 24 heavy (non-hydrogen) atoms. The molecule has 0 unspecified atom stereocenters. The number of likely N-dealkylation sites (N-methyl/N-ethyl adjacent to an activating group) is 1. The summed E-state index contributed by atoms with van der Waals surface area (Å²) in [6, 6.07) is 9.83. The maximum absolute atomic E-state index is 13.8. The van der Waals surface area contributed by atoms with Crippen molar-refractivity contribution in [1.29, 1.82) is 0 Å². The third kappa shape index (κ3) is 4.20. The summed E-state index contributed by atoms with van der Waals surface area (Å²) in [5, 5.41) is 2.81. The Morgan fingerprint density at radius 1 is 1.17 bits per heavy atom. The highest BCUT2D eigenvalue weighted by Crippen LogP contribution is 2.20. The predicted octanol–water partition coefficient (Wildman–Crippen LogP) is 3.92. The lowest BCUT2D eigenvalue weighted by Crippen LogP contribution is -2.35. The average Bonchev–Trinajstić information content (AvgIpc) is 2.52. The van der Waals surface area contributed by atoms with Crippen LogP contribution in [0.25, 0.3) is 0 Å². The van der Waals surface area contributed by atoms with Gasteiger partial charge in [0.2, 0.25) is 5.91 Å². The Morgan fingerprint density at radius 2 is 1.79 bits per heavy atom. The summed E-state index contributed by atoms with van der Waals surface area (Å²) >= 11 is 3.21. The molecule has 0 saturated heterocycles. The Morgan fingerprint density at radius 3 is 2.42 bits per heavy atom. The van der Waals surface area contributed by atoms with Crippen LogP contribution in [0.15, 0.2) is 40.9 Å². The molecule has 4 nitrogen and oxygen atoms in total. The van der Waals surface area contributed by atoms with Gasteiger partial charge in [-0.05, 0) is 43.2 Å². The maximum Gasteiger partial charge on any atom is 0.257 e. The first-order valence-electron chi connectivity index (χ1n) is 7.36. The van der Waals surface area contributed by atoms with Crippen LogP contribution >= 0.6 is 15.9 Å². The summed E-state index contributed by atoms with van der Waals surface area (Å²) in [6.45, 7) is 3.63. The molecule has 126 valence electrons. The van der Waals surface area contributed by atoms with Crippen LogP contribution in [-0.4, -0.2) is 30.3 Å². The van der Waals surface area contributed by atoms with Gasteiger partial charge in [-0.1, -0.05) is 34.1 Å². The summed E-state index contributed by atoms with van der Waals surface area (Å²) in [7, 11) is 1.47. The van der Waals surface area contributed by atoms with Crippen LogP contribution in [0.1, 0.15) is 21.5 Å². The van der Waals surface area contributed by atoms with Gasteiger partial charge < -0.3 is 10.2 Å². The van der Waals surface area contributed by atoms with E-state index >= 15 is 0 Å². The van der Waals surface area contributed by atoms with Crippen LogP contribution in [0.3, 0.4) is 0 Å². The first-order valence-corrected chi connectivity index (χ1v) is 8.15. The highest BCUT2D eigenvalue weighted by molar-refractivity contribution is 9.10. The van der Waals surface area contributed by atoms with Crippen LogP contribution in [-0.2, 0) is 4.79 Å². The largest absolute Gasteiger partial charge is 0.332 e. The van der Waals surface area contributed by atoms with E-state index in [4.69, 9.17) is 0 Å². The minimum absolute atomic E-state index is 0.0771. The number of para-hydroxylation sites is 1. The molecule has 2 rings (SSSR count). The van der Waals surface area contributed by atoms with Crippen molar-refractivity contribution in [3.05, 3.63) is 63.4 Å². The first-order chi connectivity index (χ1) is 11.3. The number of carbonyl (C=O) groups is 2. The number of nitrogens with one attached hydrogen (secondary N) is 1. The van der Waals surface area contributed by atoms with Crippen LogP contribution in [0, 0.1) is 19.7 Å². The smallest absolute Gasteiger partial charge is 0.257 e. The zero-order valence-electron chi connectivity index (χ0n) is 13.7. The summed E-state index contributed by atoms with van der Waals surface area (Å²) < 4.78 is 14.4. The van der Waals surface area contributed by atoms with E-state index in [1.54, 1.807) is 0 Å². The molecule has 6 heteroatoms. The van der Waals surface area contributed by atoms with Crippen molar-refractivity contribution in [1.82, 2.24) is 4.90 Å². The minimum atomic E-state index is -0.620. The SMILES string of the molecule is Cc1cccc(C)c1NC(=O)CN(C)C(=O)c1cc(Br)ccc1F. The Hall–Kier alpha value is -2.21. The molecule has 0 fully saturated rings. The number of hydrogen-bond donors (Lipinski definition) is 1. The Bertz CT molecular complexity index is 772. The fourth-order valence-electron chi connectivity index (χ4n) is 2.34. The standard InChI is InChI=1S/C18H18BrFN2O2/c1-11-5-4-6-12(2)17(11)21-16(23)10-22(3)18(24)14-9-13(19)7-8-15(14)20/h4-9H,10H2,1-3H3,(H,21,23). The number of hydrogen-bond acceptors (Lipinski definition) is 2. The fraction of sp³-hybridized carbons (Fsp3) is 0.222. The Balaban J connectivity index is 2.08. The van der Waals surface area contributed by atoms with Gasteiger partial charge in [-0.25, -0.2) is 4.39 Å². The van der Waals surface area contributed by atoms with Crippen molar-refractivity contribution in [2.24, 2.45) is 0 Å². The molecule has 0 aliphatic heterocycles. The van der Waals surface area contributed by atoms with Gasteiger partial charge in [0.05, 0.1) is 12.1 Å².